The summed E-state index contributed by atoms with van der Waals surface area (Å²) >= 11 is 6.11. The summed E-state index contributed by atoms with van der Waals surface area (Å²) in [5.41, 5.74) is 0.863. The first-order chi connectivity index (χ1) is 10.5. The maximum absolute atomic E-state index is 14.1. The second kappa shape index (κ2) is 5.35. The van der Waals surface area contributed by atoms with Crippen molar-refractivity contribution in [2.75, 3.05) is 0 Å². The molecule has 0 amide bonds. The van der Waals surface area contributed by atoms with E-state index in [1.807, 2.05) is 0 Å². The molecule has 1 aromatic heterocycles. The molecule has 22 heavy (non-hydrogen) atoms. The molecular weight excluding hydrogens is 312 g/mol. The summed E-state index contributed by atoms with van der Waals surface area (Å²) in [6.45, 7) is 0. The molecule has 0 aliphatic heterocycles. The normalized spacial score (nSPS) is 10.9. The van der Waals surface area contributed by atoms with E-state index in [2.05, 4.69) is 4.98 Å². The van der Waals surface area contributed by atoms with Crippen LogP contribution in [0, 0.1) is 11.6 Å². The highest BCUT2D eigenvalue weighted by atomic mass is 35.5. The molecule has 0 aliphatic rings. The van der Waals surface area contributed by atoms with Crippen molar-refractivity contribution in [1.29, 1.82) is 0 Å². The largest absolute Gasteiger partial charge is 0.478 e. The van der Waals surface area contributed by atoms with Gasteiger partial charge in [0.05, 0.1) is 16.1 Å². The van der Waals surface area contributed by atoms with Gasteiger partial charge in [0.2, 0.25) is 0 Å². The minimum absolute atomic E-state index is 0.0281. The lowest BCUT2D eigenvalue weighted by molar-refractivity contribution is 0.0697. The monoisotopic (exact) mass is 319 g/mol. The second-order valence-corrected chi connectivity index (χ2v) is 5.05. The SMILES string of the molecule is O=C(O)c1ccc2ncc(Cl)c(-c3ccc(F)cc3F)c2c1. The maximum atomic E-state index is 14.1. The summed E-state index contributed by atoms with van der Waals surface area (Å²) in [5, 5.41) is 9.63. The number of rotatable bonds is 2. The standard InChI is InChI=1S/C16H8ClF2NO2/c17-12-7-20-14-4-1-8(16(21)22)5-11(14)15(12)10-3-2-9(18)6-13(10)19/h1-7H,(H,21,22). The van der Waals surface area contributed by atoms with Crippen LogP contribution in [0.3, 0.4) is 0 Å². The topological polar surface area (TPSA) is 50.2 Å². The van der Waals surface area contributed by atoms with Crippen LogP contribution in [-0.4, -0.2) is 16.1 Å². The number of carboxylic acid groups (broad SMARTS) is 1. The van der Waals surface area contributed by atoms with Crippen LogP contribution in [0.4, 0.5) is 8.78 Å². The van der Waals surface area contributed by atoms with E-state index < -0.39 is 17.6 Å². The van der Waals surface area contributed by atoms with Crippen LogP contribution in [-0.2, 0) is 0 Å². The van der Waals surface area contributed by atoms with Gasteiger partial charge in [-0.05, 0) is 30.3 Å². The van der Waals surface area contributed by atoms with Gasteiger partial charge in [0, 0.05) is 28.8 Å². The molecule has 0 bridgehead atoms. The summed E-state index contributed by atoms with van der Waals surface area (Å²) in [7, 11) is 0. The van der Waals surface area contributed by atoms with E-state index in [1.165, 1.54) is 30.5 Å². The number of fused-ring (bicyclic) bond motifs is 1. The molecule has 3 aromatic rings. The van der Waals surface area contributed by atoms with Gasteiger partial charge >= 0.3 is 5.97 Å². The molecule has 1 N–H and O–H groups in total. The molecule has 0 radical (unpaired) electrons. The number of aromatic nitrogens is 1. The Balaban J connectivity index is 2.38. The Kier molecular flexibility index (Phi) is 3.50. The first-order valence-electron chi connectivity index (χ1n) is 6.24. The first-order valence-corrected chi connectivity index (χ1v) is 6.62. The number of benzene rings is 2. The zero-order valence-corrected chi connectivity index (χ0v) is 11.7. The van der Waals surface area contributed by atoms with Crippen LogP contribution in [0.1, 0.15) is 10.4 Å². The highest BCUT2D eigenvalue weighted by molar-refractivity contribution is 6.34. The molecule has 3 nitrogen and oxygen atoms in total. The lowest BCUT2D eigenvalue weighted by Crippen LogP contribution is -1.97. The molecule has 110 valence electrons. The molecule has 0 aliphatic carbocycles. The molecule has 0 spiro atoms. The Labute approximate surface area is 128 Å². The molecule has 1 heterocycles. The smallest absolute Gasteiger partial charge is 0.335 e. The first kappa shape index (κ1) is 14.4. The Hall–Kier alpha value is -2.53. The van der Waals surface area contributed by atoms with Gasteiger partial charge in [-0.2, -0.15) is 0 Å². The summed E-state index contributed by atoms with van der Waals surface area (Å²) in [4.78, 5) is 15.2. The molecule has 0 saturated heterocycles. The Morgan fingerprint density at radius 1 is 1.14 bits per heavy atom. The van der Waals surface area contributed by atoms with Crippen molar-refractivity contribution < 1.29 is 18.7 Å². The number of nitrogens with zero attached hydrogens (tertiary/aromatic N) is 1. The van der Waals surface area contributed by atoms with E-state index in [1.54, 1.807) is 0 Å². The van der Waals surface area contributed by atoms with Crippen molar-refractivity contribution >= 4 is 28.5 Å². The number of hydrogen-bond donors (Lipinski definition) is 1. The fourth-order valence-corrected chi connectivity index (χ4v) is 2.52. The zero-order chi connectivity index (χ0) is 15.9. The Morgan fingerprint density at radius 3 is 2.59 bits per heavy atom. The Bertz CT molecular complexity index is 912. The fraction of sp³-hybridized carbons (Fsp3) is 0. The number of pyridine rings is 1. The third-order valence-electron chi connectivity index (χ3n) is 3.27. The molecule has 2 aromatic carbocycles. The summed E-state index contributed by atoms with van der Waals surface area (Å²) < 4.78 is 27.2. The predicted octanol–water partition coefficient (Wildman–Crippen LogP) is 4.53. The van der Waals surface area contributed by atoms with Gasteiger partial charge < -0.3 is 5.11 Å². The average Bonchev–Trinajstić information content (AvgIpc) is 2.47. The van der Waals surface area contributed by atoms with Crippen LogP contribution in [0.25, 0.3) is 22.0 Å². The van der Waals surface area contributed by atoms with E-state index in [9.17, 15) is 13.6 Å². The van der Waals surface area contributed by atoms with E-state index in [0.717, 1.165) is 12.1 Å². The number of carboxylic acids is 1. The predicted molar refractivity (Wildman–Crippen MR) is 79.1 cm³/mol. The highest BCUT2D eigenvalue weighted by Crippen LogP contribution is 2.36. The van der Waals surface area contributed by atoms with E-state index in [0.29, 0.717) is 10.9 Å². The van der Waals surface area contributed by atoms with Crippen LogP contribution in [0.2, 0.25) is 5.02 Å². The average molecular weight is 320 g/mol. The van der Waals surface area contributed by atoms with Crippen molar-refractivity contribution in [3.05, 3.63) is 64.8 Å². The third kappa shape index (κ3) is 2.40. The number of hydrogen-bond acceptors (Lipinski definition) is 2. The molecule has 3 rings (SSSR count). The highest BCUT2D eigenvalue weighted by Gasteiger charge is 2.16. The fourth-order valence-electron chi connectivity index (χ4n) is 2.27. The van der Waals surface area contributed by atoms with Crippen LogP contribution in [0.15, 0.2) is 42.6 Å². The van der Waals surface area contributed by atoms with Gasteiger partial charge in [-0.15, -0.1) is 0 Å². The molecule has 0 unspecified atom stereocenters. The van der Waals surface area contributed by atoms with Crippen LogP contribution >= 0.6 is 11.6 Å². The molecule has 0 saturated carbocycles. The van der Waals surface area contributed by atoms with E-state index >= 15 is 0 Å². The van der Waals surface area contributed by atoms with Crippen molar-refractivity contribution in [2.24, 2.45) is 0 Å². The molecule has 0 atom stereocenters. The summed E-state index contributed by atoms with van der Waals surface area (Å²) in [6, 6.07) is 7.41. The number of halogens is 3. The zero-order valence-electron chi connectivity index (χ0n) is 11.0. The second-order valence-electron chi connectivity index (χ2n) is 4.64. The molecule has 6 heteroatoms. The van der Waals surface area contributed by atoms with Gasteiger partial charge in [-0.3, -0.25) is 4.98 Å². The van der Waals surface area contributed by atoms with Gasteiger partial charge in [0.25, 0.3) is 0 Å². The van der Waals surface area contributed by atoms with Crippen molar-refractivity contribution in [2.45, 2.75) is 0 Å². The summed E-state index contributed by atoms with van der Waals surface area (Å²) in [5.74, 6) is -2.61. The maximum Gasteiger partial charge on any atom is 0.335 e. The summed E-state index contributed by atoms with van der Waals surface area (Å²) in [6.07, 6.45) is 1.35. The van der Waals surface area contributed by atoms with Gasteiger partial charge in [0.1, 0.15) is 11.6 Å². The van der Waals surface area contributed by atoms with Crippen LogP contribution < -0.4 is 0 Å². The van der Waals surface area contributed by atoms with Crippen molar-refractivity contribution in [1.82, 2.24) is 4.98 Å². The number of aromatic carboxylic acids is 1. The molecule has 0 fully saturated rings. The minimum atomic E-state index is -1.12. The van der Waals surface area contributed by atoms with E-state index in [4.69, 9.17) is 16.7 Å². The van der Waals surface area contributed by atoms with Crippen molar-refractivity contribution in [3.8, 4) is 11.1 Å². The van der Waals surface area contributed by atoms with Crippen LogP contribution in [0.5, 0.6) is 0 Å². The Morgan fingerprint density at radius 2 is 1.91 bits per heavy atom. The van der Waals surface area contributed by atoms with E-state index in [-0.39, 0.29) is 21.7 Å². The molecular formula is C16H8ClF2NO2. The lowest BCUT2D eigenvalue weighted by Gasteiger charge is -2.10. The third-order valence-corrected chi connectivity index (χ3v) is 3.56. The van der Waals surface area contributed by atoms with Gasteiger partial charge in [0.15, 0.2) is 0 Å². The van der Waals surface area contributed by atoms with Gasteiger partial charge in [-0.25, -0.2) is 13.6 Å². The quantitative estimate of drug-likeness (QED) is 0.755. The number of carbonyl (C=O) groups is 1. The van der Waals surface area contributed by atoms with Gasteiger partial charge in [-0.1, -0.05) is 11.6 Å². The van der Waals surface area contributed by atoms with Crippen molar-refractivity contribution in [3.63, 3.8) is 0 Å². The lowest BCUT2D eigenvalue weighted by atomic mass is 9.99. The minimum Gasteiger partial charge on any atom is -0.478 e.